The summed E-state index contributed by atoms with van der Waals surface area (Å²) in [5.74, 6) is 0.787. The fourth-order valence-electron chi connectivity index (χ4n) is 2.51. The van der Waals surface area contributed by atoms with Gasteiger partial charge in [0.1, 0.15) is 0 Å². The summed E-state index contributed by atoms with van der Waals surface area (Å²) in [6, 6.07) is 0.713. The van der Waals surface area contributed by atoms with E-state index in [9.17, 15) is 0 Å². The van der Waals surface area contributed by atoms with E-state index in [1.165, 1.54) is 57.8 Å². The van der Waals surface area contributed by atoms with Crippen molar-refractivity contribution in [2.24, 2.45) is 11.3 Å². The monoisotopic (exact) mass is 269 g/mol. The minimum atomic E-state index is 0.440. The Balaban J connectivity index is 3.65. The third-order valence-electron chi connectivity index (χ3n) is 4.68. The van der Waals surface area contributed by atoms with E-state index in [4.69, 9.17) is 0 Å². The zero-order valence-electron chi connectivity index (χ0n) is 14.5. The van der Waals surface area contributed by atoms with Gasteiger partial charge < -0.3 is 5.32 Å². The summed E-state index contributed by atoms with van der Waals surface area (Å²) in [5.41, 5.74) is 0.440. The fourth-order valence-corrected chi connectivity index (χ4v) is 2.51. The number of nitrogens with one attached hydrogen (secondary N) is 1. The molecule has 0 aromatic heterocycles. The van der Waals surface area contributed by atoms with Crippen molar-refractivity contribution in [2.75, 3.05) is 7.05 Å². The SMILES string of the molecule is CCCCCCCCCC(CC(C)C(C)(C)C)NC. The molecule has 2 unspecified atom stereocenters. The lowest BCUT2D eigenvalue weighted by Gasteiger charge is -2.30. The van der Waals surface area contributed by atoms with E-state index >= 15 is 0 Å². The Bertz CT molecular complexity index is 192. The second-order valence-electron chi connectivity index (χ2n) is 7.40. The molecule has 116 valence electrons. The highest BCUT2D eigenvalue weighted by Gasteiger charge is 2.22. The van der Waals surface area contributed by atoms with Crippen LogP contribution in [0.15, 0.2) is 0 Å². The average Bonchev–Trinajstić information content (AvgIpc) is 2.34. The second-order valence-corrected chi connectivity index (χ2v) is 7.40. The van der Waals surface area contributed by atoms with Crippen molar-refractivity contribution in [2.45, 2.75) is 98.4 Å². The molecule has 0 aliphatic carbocycles. The molecule has 0 spiro atoms. The molecule has 0 aromatic rings. The van der Waals surface area contributed by atoms with Gasteiger partial charge in [0.2, 0.25) is 0 Å². The number of hydrogen-bond donors (Lipinski definition) is 1. The van der Waals surface area contributed by atoms with Gasteiger partial charge in [-0.1, -0.05) is 79.6 Å². The van der Waals surface area contributed by atoms with Crippen LogP contribution in [-0.2, 0) is 0 Å². The maximum absolute atomic E-state index is 3.52. The number of hydrogen-bond acceptors (Lipinski definition) is 1. The fraction of sp³-hybridized carbons (Fsp3) is 1.00. The van der Waals surface area contributed by atoms with Gasteiger partial charge in [-0.15, -0.1) is 0 Å². The molecule has 0 bridgehead atoms. The van der Waals surface area contributed by atoms with Gasteiger partial charge in [-0.2, -0.15) is 0 Å². The molecule has 0 radical (unpaired) electrons. The predicted molar refractivity (Wildman–Crippen MR) is 88.7 cm³/mol. The van der Waals surface area contributed by atoms with E-state index in [2.05, 4.69) is 47.0 Å². The predicted octanol–water partition coefficient (Wildman–Crippen LogP) is 5.79. The lowest BCUT2D eigenvalue weighted by molar-refractivity contribution is 0.220. The van der Waals surface area contributed by atoms with E-state index in [0.717, 1.165) is 5.92 Å². The van der Waals surface area contributed by atoms with Crippen LogP contribution in [0.3, 0.4) is 0 Å². The molecule has 19 heavy (non-hydrogen) atoms. The van der Waals surface area contributed by atoms with Gasteiger partial charge in [-0.05, 0) is 31.2 Å². The molecule has 0 saturated carbocycles. The van der Waals surface area contributed by atoms with Crippen LogP contribution >= 0.6 is 0 Å². The Morgan fingerprint density at radius 1 is 0.895 bits per heavy atom. The zero-order chi connectivity index (χ0) is 14.7. The summed E-state index contributed by atoms with van der Waals surface area (Å²) in [4.78, 5) is 0. The highest BCUT2D eigenvalue weighted by Crippen LogP contribution is 2.29. The van der Waals surface area contributed by atoms with E-state index in [1.54, 1.807) is 0 Å². The van der Waals surface area contributed by atoms with Crippen LogP contribution in [-0.4, -0.2) is 13.1 Å². The molecule has 0 heterocycles. The largest absolute Gasteiger partial charge is 0.317 e. The van der Waals surface area contributed by atoms with E-state index in [-0.39, 0.29) is 0 Å². The van der Waals surface area contributed by atoms with Gasteiger partial charge in [-0.3, -0.25) is 0 Å². The molecule has 1 nitrogen and oxygen atoms in total. The van der Waals surface area contributed by atoms with Crippen LogP contribution in [0.1, 0.15) is 92.4 Å². The Labute approximate surface area is 122 Å². The van der Waals surface area contributed by atoms with Crippen LogP contribution in [0.25, 0.3) is 0 Å². The first-order valence-electron chi connectivity index (χ1n) is 8.59. The van der Waals surface area contributed by atoms with Crippen LogP contribution in [0, 0.1) is 11.3 Å². The van der Waals surface area contributed by atoms with E-state index in [0.29, 0.717) is 11.5 Å². The first kappa shape index (κ1) is 19.0. The maximum atomic E-state index is 3.52. The summed E-state index contributed by atoms with van der Waals surface area (Å²) in [6.45, 7) is 11.8. The summed E-state index contributed by atoms with van der Waals surface area (Å²) in [7, 11) is 2.13. The normalized spacial score (nSPS) is 15.5. The van der Waals surface area contributed by atoms with Crippen molar-refractivity contribution in [1.82, 2.24) is 5.32 Å². The summed E-state index contributed by atoms with van der Waals surface area (Å²) < 4.78 is 0. The quantitative estimate of drug-likeness (QED) is 0.468. The van der Waals surface area contributed by atoms with Crippen molar-refractivity contribution >= 4 is 0 Å². The molecule has 0 aliphatic heterocycles. The first-order valence-corrected chi connectivity index (χ1v) is 8.59. The summed E-state index contributed by atoms with van der Waals surface area (Å²) in [6.07, 6.45) is 12.6. The topological polar surface area (TPSA) is 12.0 Å². The lowest BCUT2D eigenvalue weighted by atomic mass is 9.78. The van der Waals surface area contributed by atoms with Crippen molar-refractivity contribution in [1.29, 1.82) is 0 Å². The Hall–Kier alpha value is -0.0400. The van der Waals surface area contributed by atoms with Gasteiger partial charge in [0.25, 0.3) is 0 Å². The number of rotatable bonds is 11. The van der Waals surface area contributed by atoms with Crippen molar-refractivity contribution in [3.05, 3.63) is 0 Å². The third-order valence-corrected chi connectivity index (χ3v) is 4.68. The van der Waals surface area contributed by atoms with E-state index in [1.807, 2.05) is 0 Å². The Morgan fingerprint density at radius 2 is 1.42 bits per heavy atom. The highest BCUT2D eigenvalue weighted by molar-refractivity contribution is 4.76. The third kappa shape index (κ3) is 10.4. The smallest absolute Gasteiger partial charge is 0.00668 e. The molecule has 0 fully saturated rings. The van der Waals surface area contributed by atoms with Crippen LogP contribution < -0.4 is 5.32 Å². The molecule has 0 amide bonds. The summed E-state index contributed by atoms with van der Waals surface area (Å²) >= 11 is 0. The van der Waals surface area contributed by atoms with Crippen molar-refractivity contribution < 1.29 is 0 Å². The average molecular weight is 270 g/mol. The van der Waals surface area contributed by atoms with E-state index < -0.39 is 0 Å². The second kappa shape index (κ2) is 10.7. The van der Waals surface area contributed by atoms with Crippen molar-refractivity contribution in [3.8, 4) is 0 Å². The summed E-state index contributed by atoms with van der Waals surface area (Å²) in [5, 5.41) is 3.52. The zero-order valence-corrected chi connectivity index (χ0v) is 14.5. The van der Waals surface area contributed by atoms with Gasteiger partial charge in [0.15, 0.2) is 0 Å². The number of unbranched alkanes of at least 4 members (excludes halogenated alkanes) is 6. The first-order chi connectivity index (χ1) is 8.91. The minimum Gasteiger partial charge on any atom is -0.317 e. The lowest BCUT2D eigenvalue weighted by Crippen LogP contribution is -2.31. The molecule has 0 aromatic carbocycles. The van der Waals surface area contributed by atoms with Gasteiger partial charge >= 0.3 is 0 Å². The van der Waals surface area contributed by atoms with Gasteiger partial charge in [-0.25, -0.2) is 0 Å². The van der Waals surface area contributed by atoms with Gasteiger partial charge in [0.05, 0.1) is 0 Å². The standard InChI is InChI=1S/C18H39N/c1-7-8-9-10-11-12-13-14-17(19-6)15-16(2)18(3,4)5/h16-17,19H,7-15H2,1-6H3. The maximum Gasteiger partial charge on any atom is 0.00668 e. The minimum absolute atomic E-state index is 0.440. The Kier molecular flexibility index (Phi) is 10.7. The molecule has 0 aliphatic rings. The van der Waals surface area contributed by atoms with Gasteiger partial charge in [0, 0.05) is 6.04 Å². The van der Waals surface area contributed by atoms with Crippen LogP contribution in [0.2, 0.25) is 0 Å². The van der Waals surface area contributed by atoms with Crippen molar-refractivity contribution in [3.63, 3.8) is 0 Å². The van der Waals surface area contributed by atoms with Crippen LogP contribution in [0.5, 0.6) is 0 Å². The molecular formula is C18H39N. The molecule has 2 atom stereocenters. The Morgan fingerprint density at radius 3 is 1.89 bits per heavy atom. The molecule has 0 saturated heterocycles. The highest BCUT2D eigenvalue weighted by atomic mass is 14.9. The molecule has 1 N–H and O–H groups in total. The molecule has 0 rings (SSSR count). The van der Waals surface area contributed by atoms with Crippen LogP contribution in [0.4, 0.5) is 0 Å². The molecule has 1 heteroatoms. The molecular weight excluding hydrogens is 230 g/mol.